The van der Waals surface area contributed by atoms with Crippen LogP contribution in [0, 0.1) is 6.92 Å². The number of halogens is 1. The number of amides is 1. The molecule has 2 N–H and O–H groups in total. The van der Waals surface area contributed by atoms with Crippen molar-refractivity contribution >= 4 is 40.6 Å². The second-order valence-electron chi connectivity index (χ2n) is 6.42. The number of hydrogen-bond donors (Lipinski definition) is 2. The third-order valence-corrected chi connectivity index (χ3v) is 5.91. The molecule has 0 bridgehead atoms. The van der Waals surface area contributed by atoms with Crippen molar-refractivity contribution in [2.24, 2.45) is 0 Å². The van der Waals surface area contributed by atoms with Crippen molar-refractivity contribution in [3.63, 3.8) is 0 Å². The first-order valence-corrected chi connectivity index (χ1v) is 10.1. The molecule has 0 radical (unpaired) electrons. The third kappa shape index (κ3) is 4.21. The van der Waals surface area contributed by atoms with Crippen LogP contribution in [0.15, 0.2) is 75.4 Å². The topological polar surface area (TPSA) is 79.3 Å². The van der Waals surface area contributed by atoms with Crippen molar-refractivity contribution in [3.8, 4) is 0 Å². The number of anilines is 1. The lowest BCUT2D eigenvalue weighted by Crippen LogP contribution is -2.26. The molecule has 0 saturated heterocycles. The van der Waals surface area contributed by atoms with E-state index in [0.717, 1.165) is 9.79 Å². The maximum absolute atomic E-state index is 12.5. The van der Waals surface area contributed by atoms with E-state index < -0.39 is 0 Å². The Kier molecular flexibility index (Phi) is 5.42. The summed E-state index contributed by atoms with van der Waals surface area (Å²) in [6.07, 6.45) is 1.59. The van der Waals surface area contributed by atoms with Crippen LogP contribution in [-0.2, 0) is 11.2 Å². The first-order valence-electron chi connectivity index (χ1n) is 8.89. The molecule has 146 valence electrons. The number of aromatic nitrogens is 3. The molecule has 1 amide bonds. The van der Waals surface area contributed by atoms with E-state index in [0.29, 0.717) is 27.6 Å². The molecule has 0 aliphatic carbocycles. The molecule has 2 heterocycles. The maximum Gasteiger partial charge on any atom is 0.276 e. The van der Waals surface area contributed by atoms with Gasteiger partial charge in [0.2, 0.25) is 5.91 Å². The fourth-order valence-electron chi connectivity index (χ4n) is 2.94. The third-order valence-electron chi connectivity index (χ3n) is 4.39. The van der Waals surface area contributed by atoms with E-state index in [1.165, 1.54) is 4.52 Å². The minimum atomic E-state index is -0.273. The first-order chi connectivity index (χ1) is 14.0. The average molecular weight is 425 g/mol. The van der Waals surface area contributed by atoms with E-state index in [1.54, 1.807) is 30.9 Å². The molecule has 0 aliphatic heterocycles. The van der Waals surface area contributed by atoms with Crippen LogP contribution in [0.2, 0.25) is 5.02 Å². The summed E-state index contributed by atoms with van der Waals surface area (Å²) in [5.41, 5.74) is 1.84. The molecule has 0 saturated carbocycles. The Morgan fingerprint density at radius 1 is 1.17 bits per heavy atom. The normalized spacial score (nSPS) is 11.0. The van der Waals surface area contributed by atoms with Crippen LogP contribution in [-0.4, -0.2) is 20.5 Å². The number of nitrogens with zero attached hydrogens (tertiary/aromatic N) is 2. The number of benzene rings is 2. The van der Waals surface area contributed by atoms with Crippen LogP contribution in [0.1, 0.15) is 11.3 Å². The van der Waals surface area contributed by atoms with Crippen LogP contribution in [0.3, 0.4) is 0 Å². The number of rotatable bonds is 5. The highest BCUT2D eigenvalue weighted by Crippen LogP contribution is 2.33. The molecule has 0 spiro atoms. The van der Waals surface area contributed by atoms with E-state index in [9.17, 15) is 9.59 Å². The number of carbonyl (C=O) groups excluding carboxylic acids is 1. The van der Waals surface area contributed by atoms with Crippen LogP contribution in [0.25, 0.3) is 5.65 Å². The predicted octanol–water partition coefficient (Wildman–Crippen LogP) is 4.32. The zero-order valence-electron chi connectivity index (χ0n) is 15.5. The molecule has 2 aromatic carbocycles. The molecule has 4 aromatic rings. The van der Waals surface area contributed by atoms with Gasteiger partial charge in [0.15, 0.2) is 5.65 Å². The second-order valence-corrected chi connectivity index (χ2v) is 7.94. The van der Waals surface area contributed by atoms with Crippen molar-refractivity contribution in [1.29, 1.82) is 0 Å². The monoisotopic (exact) mass is 424 g/mol. The molecule has 0 fully saturated rings. The summed E-state index contributed by atoms with van der Waals surface area (Å²) in [5.74, 6) is -0.273. The van der Waals surface area contributed by atoms with Gasteiger partial charge in [0.25, 0.3) is 5.56 Å². The van der Waals surface area contributed by atoms with Gasteiger partial charge in [0.1, 0.15) is 0 Å². The summed E-state index contributed by atoms with van der Waals surface area (Å²) >= 11 is 7.74. The average Bonchev–Trinajstić information content (AvgIpc) is 3.17. The highest BCUT2D eigenvalue weighted by Gasteiger charge is 2.14. The minimum Gasteiger partial charge on any atom is -0.326 e. The van der Waals surface area contributed by atoms with Crippen molar-refractivity contribution in [1.82, 2.24) is 14.6 Å². The van der Waals surface area contributed by atoms with Gasteiger partial charge in [0, 0.05) is 39.0 Å². The van der Waals surface area contributed by atoms with Gasteiger partial charge in [-0.25, -0.2) is 9.50 Å². The smallest absolute Gasteiger partial charge is 0.276 e. The lowest BCUT2D eigenvalue weighted by molar-refractivity contribution is -0.115. The summed E-state index contributed by atoms with van der Waals surface area (Å²) in [4.78, 5) is 31.3. The Balaban J connectivity index is 1.45. The number of aryl methyl sites for hydroxylation is 1. The molecule has 6 nitrogen and oxygen atoms in total. The summed E-state index contributed by atoms with van der Waals surface area (Å²) in [5, 5.41) is 6.33. The number of H-pyrrole nitrogens is 1. The number of aromatic amines is 1. The van der Waals surface area contributed by atoms with E-state index in [2.05, 4.69) is 15.4 Å². The lowest BCUT2D eigenvalue weighted by Gasteiger charge is -2.08. The quantitative estimate of drug-likeness (QED) is 0.500. The molecular weight excluding hydrogens is 408 g/mol. The Morgan fingerprint density at radius 2 is 1.93 bits per heavy atom. The first kappa shape index (κ1) is 19.3. The van der Waals surface area contributed by atoms with Crippen molar-refractivity contribution < 1.29 is 4.79 Å². The van der Waals surface area contributed by atoms with Gasteiger partial charge in [-0.2, -0.15) is 0 Å². The molecule has 0 atom stereocenters. The molecule has 8 heteroatoms. The van der Waals surface area contributed by atoms with Crippen molar-refractivity contribution in [2.45, 2.75) is 23.1 Å². The SMILES string of the molecule is Cc1nc2cc[nH]n2c(=O)c1CC(=O)Nc1ccc(Sc2ccccc2Cl)cc1. The maximum atomic E-state index is 12.5. The molecule has 2 aromatic heterocycles. The molecular formula is C21H17ClN4O2S. The van der Waals surface area contributed by atoms with E-state index in [1.807, 2.05) is 48.5 Å². The summed E-state index contributed by atoms with van der Waals surface area (Å²) in [7, 11) is 0. The Labute approximate surface area is 175 Å². The Hall–Kier alpha value is -3.03. The van der Waals surface area contributed by atoms with E-state index >= 15 is 0 Å². The van der Waals surface area contributed by atoms with Gasteiger partial charge >= 0.3 is 0 Å². The van der Waals surface area contributed by atoms with Crippen LogP contribution >= 0.6 is 23.4 Å². The van der Waals surface area contributed by atoms with Gasteiger partial charge in [0.05, 0.1) is 11.4 Å². The van der Waals surface area contributed by atoms with Gasteiger partial charge < -0.3 is 5.32 Å². The van der Waals surface area contributed by atoms with Crippen LogP contribution < -0.4 is 10.9 Å². The van der Waals surface area contributed by atoms with Crippen LogP contribution in [0.5, 0.6) is 0 Å². The molecule has 0 aliphatic rings. The van der Waals surface area contributed by atoms with Gasteiger partial charge in [-0.3, -0.25) is 14.7 Å². The zero-order valence-corrected chi connectivity index (χ0v) is 17.1. The highest BCUT2D eigenvalue weighted by molar-refractivity contribution is 7.99. The van der Waals surface area contributed by atoms with Crippen molar-refractivity contribution in [3.05, 3.63) is 87.4 Å². The zero-order chi connectivity index (χ0) is 20.4. The molecule has 29 heavy (non-hydrogen) atoms. The predicted molar refractivity (Wildman–Crippen MR) is 115 cm³/mol. The largest absolute Gasteiger partial charge is 0.326 e. The number of carbonyl (C=O) groups is 1. The van der Waals surface area contributed by atoms with Crippen LogP contribution in [0.4, 0.5) is 5.69 Å². The van der Waals surface area contributed by atoms with Gasteiger partial charge in [-0.1, -0.05) is 35.5 Å². The Bertz CT molecular complexity index is 1250. The fourth-order valence-corrected chi connectivity index (χ4v) is 4.03. The summed E-state index contributed by atoms with van der Waals surface area (Å²) < 4.78 is 1.33. The second kappa shape index (κ2) is 8.14. The van der Waals surface area contributed by atoms with Gasteiger partial charge in [-0.15, -0.1) is 0 Å². The number of fused-ring (bicyclic) bond motifs is 1. The number of hydrogen-bond acceptors (Lipinski definition) is 4. The van der Waals surface area contributed by atoms with E-state index in [-0.39, 0.29) is 17.9 Å². The standard InChI is InChI=1S/C21H17ClN4O2S/c1-13-16(21(28)26-19(24-13)10-11-23-26)12-20(27)25-14-6-8-15(9-7-14)29-18-5-3-2-4-17(18)22/h2-11,23H,12H2,1H3,(H,25,27). The Morgan fingerprint density at radius 3 is 2.69 bits per heavy atom. The minimum absolute atomic E-state index is 0.0459. The summed E-state index contributed by atoms with van der Waals surface area (Å²) in [6.45, 7) is 1.73. The molecule has 4 rings (SSSR count). The highest BCUT2D eigenvalue weighted by atomic mass is 35.5. The molecule has 0 unspecified atom stereocenters. The van der Waals surface area contributed by atoms with E-state index in [4.69, 9.17) is 11.6 Å². The van der Waals surface area contributed by atoms with Gasteiger partial charge in [-0.05, 0) is 43.3 Å². The fraction of sp³-hybridized carbons (Fsp3) is 0.0952. The summed E-state index contributed by atoms with van der Waals surface area (Å²) in [6, 6.07) is 16.8. The lowest BCUT2D eigenvalue weighted by atomic mass is 10.1. The number of nitrogens with one attached hydrogen (secondary N) is 2. The van der Waals surface area contributed by atoms with Crippen molar-refractivity contribution in [2.75, 3.05) is 5.32 Å².